The highest BCUT2D eigenvalue weighted by Crippen LogP contribution is 2.28. The van der Waals surface area contributed by atoms with Crippen molar-refractivity contribution in [1.82, 2.24) is 18.3 Å². The fraction of sp³-hybridized carbons (Fsp3) is 0.238. The zero-order valence-corrected chi connectivity index (χ0v) is 17.7. The van der Waals surface area contributed by atoms with Crippen LogP contribution >= 0.6 is 0 Å². The lowest BCUT2D eigenvalue weighted by Crippen LogP contribution is -2.44. The maximum Gasteiger partial charge on any atom is 0.332 e. The fourth-order valence-electron chi connectivity index (χ4n) is 3.46. The number of allylic oxidation sites excluding steroid dienone is 1. The molecule has 0 fully saturated rings. The normalized spacial score (nSPS) is 11.5. The highest BCUT2D eigenvalue weighted by atomic mass is 16.2. The van der Waals surface area contributed by atoms with E-state index in [4.69, 9.17) is 11.5 Å². The number of aromatic nitrogens is 4. The minimum atomic E-state index is -1.00. The summed E-state index contributed by atoms with van der Waals surface area (Å²) in [5.74, 6) is -1.19. The Morgan fingerprint density at radius 3 is 1.55 bits per heavy atom. The summed E-state index contributed by atoms with van der Waals surface area (Å²) in [6.07, 6.45) is 3.34. The number of hydrogen-bond acceptors (Lipinski definition) is 6. The third-order valence-corrected chi connectivity index (χ3v) is 5.40. The molecule has 10 heteroatoms. The molecule has 2 heterocycles. The molecule has 0 radical (unpaired) electrons. The Kier molecular flexibility index (Phi) is 5.56. The molecule has 0 spiro atoms. The van der Waals surface area contributed by atoms with Gasteiger partial charge in [-0.2, -0.15) is 0 Å². The van der Waals surface area contributed by atoms with Crippen molar-refractivity contribution in [1.29, 1.82) is 0 Å². The van der Waals surface area contributed by atoms with Crippen LogP contribution in [0.25, 0.3) is 6.08 Å². The Bertz CT molecular complexity index is 1340. The predicted molar refractivity (Wildman–Crippen MR) is 120 cm³/mol. The first-order valence-electron chi connectivity index (χ1n) is 9.41. The lowest BCUT2D eigenvalue weighted by molar-refractivity contribution is 0.657. The van der Waals surface area contributed by atoms with Gasteiger partial charge in [0.2, 0.25) is 0 Å². The highest BCUT2D eigenvalue weighted by Gasteiger charge is 2.28. The van der Waals surface area contributed by atoms with Crippen LogP contribution in [0.3, 0.4) is 0 Å². The number of benzene rings is 1. The first kappa shape index (κ1) is 21.6. The van der Waals surface area contributed by atoms with Gasteiger partial charge in [0.05, 0.1) is 11.1 Å². The van der Waals surface area contributed by atoms with Crippen LogP contribution in [-0.2, 0) is 28.2 Å². The molecule has 10 nitrogen and oxygen atoms in total. The smallest absolute Gasteiger partial charge is 0.332 e. The van der Waals surface area contributed by atoms with Gasteiger partial charge in [0.1, 0.15) is 11.6 Å². The van der Waals surface area contributed by atoms with E-state index in [9.17, 15) is 19.2 Å². The highest BCUT2D eigenvalue weighted by molar-refractivity contribution is 5.59. The van der Waals surface area contributed by atoms with Crippen LogP contribution in [0, 0.1) is 0 Å². The molecule has 3 rings (SSSR count). The number of rotatable bonds is 4. The molecular formula is C21H24N6O4. The van der Waals surface area contributed by atoms with Gasteiger partial charge in [0.15, 0.2) is 0 Å². The van der Waals surface area contributed by atoms with Gasteiger partial charge in [-0.1, -0.05) is 42.5 Å². The second-order valence-electron chi connectivity index (χ2n) is 7.26. The van der Waals surface area contributed by atoms with Crippen LogP contribution in [0.1, 0.15) is 22.6 Å². The molecule has 162 valence electrons. The van der Waals surface area contributed by atoms with Crippen molar-refractivity contribution in [2.75, 3.05) is 11.5 Å². The van der Waals surface area contributed by atoms with Gasteiger partial charge in [0, 0.05) is 34.1 Å². The first-order chi connectivity index (χ1) is 14.6. The molecule has 0 saturated carbocycles. The number of nitrogen functional groups attached to an aromatic ring is 2. The van der Waals surface area contributed by atoms with Crippen molar-refractivity contribution >= 4 is 17.7 Å². The maximum absolute atomic E-state index is 13.1. The van der Waals surface area contributed by atoms with Crippen molar-refractivity contribution < 1.29 is 0 Å². The van der Waals surface area contributed by atoms with Crippen molar-refractivity contribution in [3.63, 3.8) is 0 Å². The summed E-state index contributed by atoms with van der Waals surface area (Å²) in [6, 6.07) is 9.23. The van der Waals surface area contributed by atoms with Crippen LogP contribution in [0.15, 0.2) is 55.6 Å². The largest absolute Gasteiger partial charge is 0.385 e. The van der Waals surface area contributed by atoms with Crippen molar-refractivity contribution in [2.24, 2.45) is 28.2 Å². The summed E-state index contributed by atoms with van der Waals surface area (Å²) in [5.41, 5.74) is 10.7. The van der Waals surface area contributed by atoms with Crippen LogP contribution in [0.4, 0.5) is 11.6 Å². The van der Waals surface area contributed by atoms with Crippen molar-refractivity contribution in [2.45, 2.75) is 5.92 Å². The number of hydrogen-bond donors (Lipinski definition) is 2. The molecule has 0 aliphatic rings. The standard InChI is InChI=1S/C21H24N6O4/c1-24-16(22)14(18(28)26(3)20(24)30)13(11-10-12-8-6-5-7-9-12)15-17(23)25(2)21(31)27(4)19(15)29/h5-11,13H,22-23H2,1-4H3/b11-10+. The van der Waals surface area contributed by atoms with E-state index in [0.29, 0.717) is 0 Å². The third-order valence-electron chi connectivity index (χ3n) is 5.40. The molecule has 4 N–H and O–H groups in total. The zero-order valence-electron chi connectivity index (χ0n) is 17.7. The summed E-state index contributed by atoms with van der Waals surface area (Å²) < 4.78 is 4.08. The van der Waals surface area contributed by atoms with Gasteiger partial charge in [-0.15, -0.1) is 0 Å². The summed E-state index contributed by atoms with van der Waals surface area (Å²) in [7, 11) is 5.52. The van der Waals surface area contributed by atoms with E-state index >= 15 is 0 Å². The van der Waals surface area contributed by atoms with E-state index in [1.807, 2.05) is 30.3 Å². The Morgan fingerprint density at radius 2 is 1.13 bits per heavy atom. The van der Waals surface area contributed by atoms with E-state index in [-0.39, 0.29) is 22.8 Å². The Labute approximate surface area is 176 Å². The van der Waals surface area contributed by atoms with Crippen LogP contribution < -0.4 is 34.0 Å². The molecule has 0 bridgehead atoms. The summed E-state index contributed by atoms with van der Waals surface area (Å²) in [4.78, 5) is 50.7. The average molecular weight is 424 g/mol. The Balaban J connectivity index is 2.44. The summed E-state index contributed by atoms with van der Waals surface area (Å²) >= 11 is 0. The minimum Gasteiger partial charge on any atom is -0.385 e. The minimum absolute atomic E-state index is 0.0132. The van der Waals surface area contributed by atoms with Crippen LogP contribution in [0.2, 0.25) is 0 Å². The number of nitrogens with zero attached hydrogens (tertiary/aromatic N) is 4. The maximum atomic E-state index is 13.1. The van der Waals surface area contributed by atoms with Gasteiger partial charge in [0.25, 0.3) is 11.1 Å². The van der Waals surface area contributed by atoms with Gasteiger partial charge in [-0.3, -0.25) is 27.9 Å². The van der Waals surface area contributed by atoms with Crippen molar-refractivity contribution in [3.05, 3.63) is 94.8 Å². The number of anilines is 2. The second kappa shape index (κ2) is 7.98. The molecule has 0 amide bonds. The first-order valence-corrected chi connectivity index (χ1v) is 9.41. The zero-order chi connectivity index (χ0) is 23.0. The van der Waals surface area contributed by atoms with Crippen LogP contribution in [0.5, 0.6) is 0 Å². The molecule has 3 aromatic rings. The fourth-order valence-corrected chi connectivity index (χ4v) is 3.46. The molecule has 0 aliphatic carbocycles. The molecule has 0 unspecified atom stereocenters. The molecule has 1 aromatic carbocycles. The quantitative estimate of drug-likeness (QED) is 0.578. The molecule has 2 aromatic heterocycles. The molecular weight excluding hydrogens is 400 g/mol. The average Bonchev–Trinajstić information content (AvgIpc) is 2.77. The monoisotopic (exact) mass is 424 g/mol. The summed E-state index contributed by atoms with van der Waals surface area (Å²) in [6.45, 7) is 0. The van der Waals surface area contributed by atoms with E-state index in [1.165, 1.54) is 28.2 Å². The second-order valence-corrected chi connectivity index (χ2v) is 7.26. The van der Waals surface area contributed by atoms with E-state index < -0.39 is 28.4 Å². The SMILES string of the molecule is Cn1c(N)c(C(/C=C/c2ccccc2)c2c(N)n(C)c(=O)n(C)c2=O)c(=O)n(C)c1=O. The lowest BCUT2D eigenvalue weighted by Gasteiger charge is -2.20. The van der Waals surface area contributed by atoms with E-state index in [1.54, 1.807) is 12.2 Å². The molecule has 0 atom stereocenters. The predicted octanol–water partition coefficient (Wildman–Crippen LogP) is -0.509. The third kappa shape index (κ3) is 3.52. The molecule has 0 saturated heterocycles. The Hall–Kier alpha value is -4.08. The number of nitrogens with two attached hydrogens (primary N) is 2. The van der Waals surface area contributed by atoms with Gasteiger partial charge in [-0.25, -0.2) is 9.59 Å². The van der Waals surface area contributed by atoms with Crippen molar-refractivity contribution in [3.8, 4) is 0 Å². The van der Waals surface area contributed by atoms with Crippen LogP contribution in [-0.4, -0.2) is 18.3 Å². The van der Waals surface area contributed by atoms with Gasteiger partial charge < -0.3 is 11.5 Å². The lowest BCUT2D eigenvalue weighted by atomic mass is 9.91. The Morgan fingerprint density at radius 1 is 0.710 bits per heavy atom. The molecule has 31 heavy (non-hydrogen) atoms. The topological polar surface area (TPSA) is 140 Å². The molecule has 0 aliphatic heterocycles. The van der Waals surface area contributed by atoms with Gasteiger partial charge in [-0.05, 0) is 5.56 Å². The van der Waals surface area contributed by atoms with E-state index in [2.05, 4.69) is 0 Å². The van der Waals surface area contributed by atoms with Gasteiger partial charge >= 0.3 is 11.4 Å². The summed E-state index contributed by atoms with van der Waals surface area (Å²) in [5, 5.41) is 0. The van der Waals surface area contributed by atoms with E-state index in [0.717, 1.165) is 23.8 Å².